The lowest BCUT2D eigenvalue weighted by Gasteiger charge is -2.16. The first-order chi connectivity index (χ1) is 15.7. The Bertz CT molecular complexity index is 372. The Labute approximate surface area is 202 Å². The van der Waals surface area contributed by atoms with Gasteiger partial charge in [0.15, 0.2) is 0 Å². The molecule has 0 amide bonds. The highest BCUT2D eigenvalue weighted by atomic mass is 16.5. The molecule has 0 aromatic heterocycles. The minimum absolute atomic E-state index is 0.00995. The van der Waals surface area contributed by atoms with Crippen molar-refractivity contribution < 1.29 is 9.53 Å². The zero-order valence-electron chi connectivity index (χ0n) is 22.4. The van der Waals surface area contributed by atoms with E-state index in [2.05, 4.69) is 26.2 Å². The highest BCUT2D eigenvalue weighted by Gasteiger charge is 2.06. The molecule has 1 atom stereocenters. The van der Waals surface area contributed by atoms with Crippen LogP contribution in [0.15, 0.2) is 0 Å². The molecule has 0 radical (unpaired) electrons. The van der Waals surface area contributed by atoms with E-state index in [1.54, 1.807) is 0 Å². The molecule has 0 aromatic rings. The standard InChI is InChI=1S/C29H59NO2/c1-4-6-8-10-12-14-16-20-24-28(30-3)25-21-17-18-22-26-29(31)32-27-23-19-15-13-11-9-7-5-2/h28,30H,4-27H2,1-3H3. The Hall–Kier alpha value is -0.570. The number of hydrogen-bond donors (Lipinski definition) is 1. The van der Waals surface area contributed by atoms with Crippen LogP contribution in [0.4, 0.5) is 0 Å². The number of esters is 1. The smallest absolute Gasteiger partial charge is 0.305 e. The van der Waals surface area contributed by atoms with E-state index in [-0.39, 0.29) is 5.97 Å². The van der Waals surface area contributed by atoms with Crippen LogP contribution in [0.3, 0.4) is 0 Å². The molecule has 0 heterocycles. The molecule has 0 saturated heterocycles. The predicted octanol–water partition coefficient (Wildman–Crippen LogP) is 9.13. The van der Waals surface area contributed by atoms with Crippen molar-refractivity contribution in [1.82, 2.24) is 5.32 Å². The maximum Gasteiger partial charge on any atom is 0.305 e. The largest absolute Gasteiger partial charge is 0.466 e. The van der Waals surface area contributed by atoms with Crippen LogP contribution in [-0.2, 0) is 9.53 Å². The zero-order valence-corrected chi connectivity index (χ0v) is 22.4. The van der Waals surface area contributed by atoms with E-state index in [9.17, 15) is 4.79 Å². The molecule has 0 aliphatic heterocycles. The van der Waals surface area contributed by atoms with Gasteiger partial charge in [-0.15, -0.1) is 0 Å². The van der Waals surface area contributed by atoms with Gasteiger partial charge in [-0.1, -0.05) is 129 Å². The molecular formula is C29H59NO2. The first kappa shape index (κ1) is 31.4. The lowest BCUT2D eigenvalue weighted by Crippen LogP contribution is -2.24. The van der Waals surface area contributed by atoms with Crippen molar-refractivity contribution in [2.75, 3.05) is 13.7 Å². The van der Waals surface area contributed by atoms with Gasteiger partial charge in [0.1, 0.15) is 0 Å². The van der Waals surface area contributed by atoms with E-state index in [1.807, 2.05) is 0 Å². The third-order valence-electron chi connectivity index (χ3n) is 6.76. The molecule has 0 aliphatic carbocycles. The number of hydrogen-bond acceptors (Lipinski definition) is 3. The van der Waals surface area contributed by atoms with Gasteiger partial charge in [0, 0.05) is 12.5 Å². The van der Waals surface area contributed by atoms with Crippen molar-refractivity contribution in [3.8, 4) is 0 Å². The molecule has 3 heteroatoms. The van der Waals surface area contributed by atoms with E-state index < -0.39 is 0 Å². The Morgan fingerprint density at radius 3 is 1.47 bits per heavy atom. The Balaban J connectivity index is 3.38. The molecule has 1 unspecified atom stereocenters. The van der Waals surface area contributed by atoms with Gasteiger partial charge in [0.05, 0.1) is 6.61 Å². The summed E-state index contributed by atoms with van der Waals surface area (Å²) in [4.78, 5) is 11.9. The number of unbranched alkanes of at least 4 members (excludes halogenated alkanes) is 17. The normalized spacial score (nSPS) is 12.2. The summed E-state index contributed by atoms with van der Waals surface area (Å²) < 4.78 is 5.39. The lowest BCUT2D eigenvalue weighted by molar-refractivity contribution is -0.143. The van der Waals surface area contributed by atoms with Crippen molar-refractivity contribution in [3.05, 3.63) is 0 Å². The van der Waals surface area contributed by atoms with Gasteiger partial charge in [-0.3, -0.25) is 4.79 Å². The molecule has 0 aromatic carbocycles. The minimum atomic E-state index is 0.00995. The van der Waals surface area contributed by atoms with Gasteiger partial charge in [-0.2, -0.15) is 0 Å². The summed E-state index contributed by atoms with van der Waals surface area (Å²) in [5.74, 6) is 0.00995. The number of ether oxygens (including phenoxy) is 1. The van der Waals surface area contributed by atoms with Gasteiger partial charge in [0.2, 0.25) is 0 Å². The number of nitrogens with one attached hydrogen (secondary N) is 1. The maximum atomic E-state index is 11.9. The molecule has 3 nitrogen and oxygen atoms in total. The molecule has 0 fully saturated rings. The Kier molecular flexibility index (Phi) is 26.2. The Morgan fingerprint density at radius 1 is 0.594 bits per heavy atom. The van der Waals surface area contributed by atoms with E-state index >= 15 is 0 Å². The van der Waals surface area contributed by atoms with Crippen LogP contribution in [0.5, 0.6) is 0 Å². The monoisotopic (exact) mass is 453 g/mol. The summed E-state index contributed by atoms with van der Waals surface area (Å²) in [7, 11) is 2.11. The third kappa shape index (κ3) is 24.1. The van der Waals surface area contributed by atoms with Crippen LogP contribution >= 0.6 is 0 Å². The average Bonchev–Trinajstić information content (AvgIpc) is 2.80. The Morgan fingerprint density at radius 2 is 1.00 bits per heavy atom. The molecule has 192 valence electrons. The van der Waals surface area contributed by atoms with Gasteiger partial charge >= 0.3 is 5.97 Å². The fourth-order valence-electron chi connectivity index (χ4n) is 4.47. The van der Waals surface area contributed by atoms with Crippen LogP contribution in [0.25, 0.3) is 0 Å². The summed E-state index contributed by atoms with van der Waals surface area (Å²) in [6, 6.07) is 0.673. The van der Waals surface area contributed by atoms with Crippen LogP contribution in [0, 0.1) is 0 Å². The summed E-state index contributed by atoms with van der Waals surface area (Å²) in [6.07, 6.45) is 29.3. The first-order valence-electron chi connectivity index (χ1n) is 14.6. The van der Waals surface area contributed by atoms with E-state index in [1.165, 1.54) is 122 Å². The molecule has 0 spiro atoms. The third-order valence-corrected chi connectivity index (χ3v) is 6.76. The van der Waals surface area contributed by atoms with Gasteiger partial charge in [-0.25, -0.2) is 0 Å². The lowest BCUT2D eigenvalue weighted by atomic mass is 10.00. The van der Waals surface area contributed by atoms with Crippen molar-refractivity contribution in [2.45, 2.75) is 168 Å². The summed E-state index contributed by atoms with van der Waals surface area (Å²) >= 11 is 0. The SMILES string of the molecule is CCCCCCCCCCOC(=O)CCCCCCC(CCCCCCCCCC)NC. The second-order valence-corrected chi connectivity index (χ2v) is 9.90. The molecule has 1 N–H and O–H groups in total. The molecular weight excluding hydrogens is 394 g/mol. The van der Waals surface area contributed by atoms with Crippen molar-refractivity contribution in [1.29, 1.82) is 0 Å². The molecule has 0 rings (SSSR count). The quantitative estimate of drug-likeness (QED) is 0.105. The topological polar surface area (TPSA) is 38.3 Å². The minimum Gasteiger partial charge on any atom is -0.466 e. The fraction of sp³-hybridized carbons (Fsp3) is 0.966. The fourth-order valence-corrected chi connectivity index (χ4v) is 4.47. The van der Waals surface area contributed by atoms with Gasteiger partial charge in [-0.05, 0) is 32.7 Å². The van der Waals surface area contributed by atoms with Crippen molar-refractivity contribution in [3.63, 3.8) is 0 Å². The van der Waals surface area contributed by atoms with E-state index in [0.29, 0.717) is 19.1 Å². The molecule has 32 heavy (non-hydrogen) atoms. The number of rotatable bonds is 26. The van der Waals surface area contributed by atoms with Crippen LogP contribution < -0.4 is 5.32 Å². The molecule has 0 bridgehead atoms. The number of carbonyl (C=O) groups excluding carboxylic acids is 1. The predicted molar refractivity (Wildman–Crippen MR) is 141 cm³/mol. The maximum absolute atomic E-state index is 11.9. The first-order valence-corrected chi connectivity index (χ1v) is 14.6. The summed E-state index contributed by atoms with van der Waals surface area (Å²) in [6.45, 7) is 5.16. The second kappa shape index (κ2) is 26.7. The van der Waals surface area contributed by atoms with E-state index in [0.717, 1.165) is 19.3 Å². The van der Waals surface area contributed by atoms with Crippen LogP contribution in [-0.4, -0.2) is 25.7 Å². The van der Waals surface area contributed by atoms with Crippen molar-refractivity contribution >= 4 is 5.97 Å². The van der Waals surface area contributed by atoms with Gasteiger partial charge < -0.3 is 10.1 Å². The van der Waals surface area contributed by atoms with Crippen LogP contribution in [0.2, 0.25) is 0 Å². The second-order valence-electron chi connectivity index (χ2n) is 9.90. The highest BCUT2D eigenvalue weighted by molar-refractivity contribution is 5.69. The van der Waals surface area contributed by atoms with E-state index in [4.69, 9.17) is 4.74 Å². The summed E-state index contributed by atoms with van der Waals surface area (Å²) in [5, 5.41) is 3.51. The van der Waals surface area contributed by atoms with Crippen LogP contribution in [0.1, 0.15) is 162 Å². The highest BCUT2D eigenvalue weighted by Crippen LogP contribution is 2.15. The number of carbonyl (C=O) groups is 1. The zero-order chi connectivity index (χ0) is 23.5. The van der Waals surface area contributed by atoms with Crippen molar-refractivity contribution in [2.24, 2.45) is 0 Å². The molecule has 0 saturated carbocycles. The average molecular weight is 454 g/mol. The van der Waals surface area contributed by atoms with Gasteiger partial charge in [0.25, 0.3) is 0 Å². The summed E-state index contributed by atoms with van der Waals surface area (Å²) in [5.41, 5.74) is 0. The molecule has 0 aliphatic rings.